The minimum atomic E-state index is -0.633. The number of pyridine rings is 1. The van der Waals surface area contributed by atoms with Crippen molar-refractivity contribution >= 4 is 11.7 Å². The lowest BCUT2D eigenvalue weighted by Crippen LogP contribution is -2.42. The van der Waals surface area contributed by atoms with Gasteiger partial charge >= 0.3 is 0 Å². The van der Waals surface area contributed by atoms with Crippen LogP contribution in [0.1, 0.15) is 31.1 Å². The summed E-state index contributed by atoms with van der Waals surface area (Å²) in [5.74, 6) is -0.809. The van der Waals surface area contributed by atoms with E-state index >= 15 is 0 Å². The van der Waals surface area contributed by atoms with Gasteiger partial charge in [0.05, 0.1) is 18.2 Å². The van der Waals surface area contributed by atoms with E-state index in [-0.39, 0.29) is 23.3 Å². The van der Waals surface area contributed by atoms with Gasteiger partial charge in [-0.05, 0) is 18.9 Å². The van der Waals surface area contributed by atoms with E-state index < -0.39 is 11.7 Å². The average molecular weight is 283 g/mol. The second kappa shape index (κ2) is 7.79. The SMILES string of the molecule is CCNc1nccc(C(=O)NC(COC)C(C)C)c1F. The Balaban J connectivity index is 2.89. The van der Waals surface area contributed by atoms with E-state index in [2.05, 4.69) is 15.6 Å². The number of hydrogen-bond donors (Lipinski definition) is 2. The topological polar surface area (TPSA) is 63.2 Å². The number of amides is 1. The van der Waals surface area contributed by atoms with Gasteiger partial charge in [-0.15, -0.1) is 0 Å². The lowest BCUT2D eigenvalue weighted by atomic mass is 10.0. The normalized spacial score (nSPS) is 12.3. The fourth-order valence-electron chi connectivity index (χ4n) is 1.74. The highest BCUT2D eigenvalue weighted by Gasteiger charge is 2.20. The zero-order valence-electron chi connectivity index (χ0n) is 12.4. The van der Waals surface area contributed by atoms with Crippen LogP contribution in [-0.2, 0) is 4.74 Å². The van der Waals surface area contributed by atoms with Gasteiger partial charge in [0.25, 0.3) is 5.91 Å². The van der Waals surface area contributed by atoms with Gasteiger partial charge in [-0.1, -0.05) is 13.8 Å². The van der Waals surface area contributed by atoms with Crippen LogP contribution in [0.25, 0.3) is 0 Å². The molecule has 1 atom stereocenters. The maximum Gasteiger partial charge on any atom is 0.254 e. The van der Waals surface area contributed by atoms with Crippen molar-refractivity contribution in [2.45, 2.75) is 26.8 Å². The molecule has 0 bridgehead atoms. The Kier molecular flexibility index (Phi) is 6.38. The summed E-state index contributed by atoms with van der Waals surface area (Å²) in [7, 11) is 1.57. The molecule has 1 aromatic heterocycles. The van der Waals surface area contributed by atoms with Crippen molar-refractivity contribution < 1.29 is 13.9 Å². The molecule has 0 aliphatic heterocycles. The summed E-state index contributed by atoms with van der Waals surface area (Å²) < 4.78 is 19.2. The zero-order valence-corrected chi connectivity index (χ0v) is 12.4. The van der Waals surface area contributed by atoms with Crippen molar-refractivity contribution in [2.24, 2.45) is 5.92 Å². The molecule has 6 heteroatoms. The molecule has 0 radical (unpaired) electrons. The Labute approximate surface area is 118 Å². The van der Waals surface area contributed by atoms with Crippen LogP contribution >= 0.6 is 0 Å². The molecule has 0 saturated carbocycles. The fraction of sp³-hybridized carbons (Fsp3) is 0.571. The molecule has 1 heterocycles. The van der Waals surface area contributed by atoms with Crippen molar-refractivity contribution in [1.82, 2.24) is 10.3 Å². The van der Waals surface area contributed by atoms with Crippen molar-refractivity contribution in [2.75, 3.05) is 25.6 Å². The lowest BCUT2D eigenvalue weighted by molar-refractivity contribution is 0.0862. The number of carbonyl (C=O) groups is 1. The second-order valence-corrected chi connectivity index (χ2v) is 4.83. The summed E-state index contributed by atoms with van der Waals surface area (Å²) in [6.45, 7) is 6.69. The first-order valence-electron chi connectivity index (χ1n) is 6.69. The Hall–Kier alpha value is -1.69. The van der Waals surface area contributed by atoms with Gasteiger partial charge in [0.1, 0.15) is 0 Å². The highest BCUT2D eigenvalue weighted by atomic mass is 19.1. The summed E-state index contributed by atoms with van der Waals surface area (Å²) in [5.41, 5.74) is -0.0160. The molecule has 20 heavy (non-hydrogen) atoms. The number of anilines is 1. The standard InChI is InChI=1S/C14H22FN3O2/c1-5-16-13-12(15)10(6-7-17-13)14(19)18-11(8-20-4)9(2)3/h6-7,9,11H,5,8H2,1-4H3,(H,16,17)(H,18,19). The number of hydrogen-bond acceptors (Lipinski definition) is 4. The molecule has 0 fully saturated rings. The molecule has 0 aliphatic rings. The maximum absolute atomic E-state index is 14.1. The summed E-state index contributed by atoms with van der Waals surface area (Å²) >= 11 is 0. The smallest absolute Gasteiger partial charge is 0.254 e. The van der Waals surface area contributed by atoms with E-state index in [1.165, 1.54) is 12.3 Å². The molecule has 1 amide bonds. The first-order valence-corrected chi connectivity index (χ1v) is 6.69. The van der Waals surface area contributed by atoms with E-state index in [0.29, 0.717) is 13.2 Å². The van der Waals surface area contributed by atoms with Crippen molar-refractivity contribution in [1.29, 1.82) is 0 Å². The first-order chi connectivity index (χ1) is 9.51. The Bertz CT molecular complexity index is 452. The van der Waals surface area contributed by atoms with Crippen LogP contribution < -0.4 is 10.6 Å². The third-order valence-corrected chi connectivity index (χ3v) is 2.95. The number of nitrogens with one attached hydrogen (secondary N) is 2. The zero-order chi connectivity index (χ0) is 15.1. The summed E-state index contributed by atoms with van der Waals surface area (Å²) in [6, 6.07) is 1.21. The van der Waals surface area contributed by atoms with E-state index in [9.17, 15) is 9.18 Å². The van der Waals surface area contributed by atoms with Crippen molar-refractivity contribution in [3.05, 3.63) is 23.6 Å². The second-order valence-electron chi connectivity index (χ2n) is 4.83. The van der Waals surface area contributed by atoms with Gasteiger partial charge in [0.2, 0.25) is 0 Å². The number of methoxy groups -OCH3 is 1. The molecule has 2 N–H and O–H groups in total. The molecule has 0 aliphatic carbocycles. The molecule has 1 rings (SSSR count). The third-order valence-electron chi connectivity index (χ3n) is 2.95. The predicted octanol–water partition coefficient (Wildman–Crippen LogP) is 2.05. The largest absolute Gasteiger partial charge is 0.383 e. The van der Waals surface area contributed by atoms with E-state index in [4.69, 9.17) is 4.74 Å². The number of carbonyl (C=O) groups excluding carboxylic acids is 1. The first kappa shape index (κ1) is 16.4. The quantitative estimate of drug-likeness (QED) is 0.804. The molecule has 0 spiro atoms. The Morgan fingerprint density at radius 3 is 2.75 bits per heavy atom. The highest BCUT2D eigenvalue weighted by molar-refractivity contribution is 5.95. The van der Waals surface area contributed by atoms with E-state index in [1.54, 1.807) is 7.11 Å². The third kappa shape index (κ3) is 4.16. The average Bonchev–Trinajstić information content (AvgIpc) is 2.40. The molecule has 1 unspecified atom stereocenters. The fourth-order valence-corrected chi connectivity index (χ4v) is 1.74. The molecule has 0 aromatic carbocycles. The molecular weight excluding hydrogens is 261 g/mol. The van der Waals surface area contributed by atoms with Gasteiger partial charge in [-0.2, -0.15) is 0 Å². The summed E-state index contributed by atoms with van der Waals surface area (Å²) in [5, 5.41) is 5.57. The highest BCUT2D eigenvalue weighted by Crippen LogP contribution is 2.15. The molecule has 1 aromatic rings. The number of rotatable bonds is 7. The number of halogens is 1. The van der Waals surface area contributed by atoms with Gasteiger partial charge < -0.3 is 15.4 Å². The minimum Gasteiger partial charge on any atom is -0.383 e. The van der Waals surface area contributed by atoms with E-state index in [1.807, 2.05) is 20.8 Å². The monoisotopic (exact) mass is 283 g/mol. The Morgan fingerprint density at radius 2 is 2.20 bits per heavy atom. The van der Waals surface area contributed by atoms with Crippen LogP contribution in [0.2, 0.25) is 0 Å². The van der Waals surface area contributed by atoms with Crippen LogP contribution in [-0.4, -0.2) is 37.2 Å². The number of ether oxygens (including phenoxy) is 1. The molecule has 0 saturated heterocycles. The van der Waals surface area contributed by atoms with Crippen LogP contribution in [0.4, 0.5) is 10.2 Å². The summed E-state index contributed by atoms with van der Waals surface area (Å²) in [6.07, 6.45) is 1.41. The summed E-state index contributed by atoms with van der Waals surface area (Å²) in [4.78, 5) is 16.0. The lowest BCUT2D eigenvalue weighted by Gasteiger charge is -2.21. The molecule has 112 valence electrons. The van der Waals surface area contributed by atoms with Gasteiger partial charge in [-0.25, -0.2) is 9.37 Å². The Morgan fingerprint density at radius 1 is 1.50 bits per heavy atom. The van der Waals surface area contributed by atoms with Crippen molar-refractivity contribution in [3.63, 3.8) is 0 Å². The van der Waals surface area contributed by atoms with E-state index in [0.717, 1.165) is 0 Å². The molecule has 5 nitrogen and oxygen atoms in total. The van der Waals surface area contributed by atoms with Gasteiger partial charge in [0, 0.05) is 19.9 Å². The minimum absolute atomic E-state index is 0.0160. The van der Waals surface area contributed by atoms with Gasteiger partial charge in [-0.3, -0.25) is 4.79 Å². The van der Waals surface area contributed by atoms with Crippen LogP contribution in [0.3, 0.4) is 0 Å². The maximum atomic E-state index is 14.1. The van der Waals surface area contributed by atoms with Crippen molar-refractivity contribution in [3.8, 4) is 0 Å². The van der Waals surface area contributed by atoms with Crippen LogP contribution in [0.15, 0.2) is 12.3 Å². The van der Waals surface area contributed by atoms with Crippen LogP contribution in [0, 0.1) is 11.7 Å². The van der Waals surface area contributed by atoms with Crippen LogP contribution in [0.5, 0.6) is 0 Å². The number of aromatic nitrogens is 1. The predicted molar refractivity (Wildman–Crippen MR) is 76.3 cm³/mol. The molecular formula is C14H22FN3O2. The van der Waals surface area contributed by atoms with Gasteiger partial charge in [0.15, 0.2) is 11.6 Å². The number of nitrogens with zero attached hydrogens (tertiary/aromatic N) is 1.